The molecule has 0 aromatic heterocycles. The van der Waals surface area contributed by atoms with Crippen LogP contribution in [0.25, 0.3) is 4.48 Å². The maximum absolute atomic E-state index is 13.1. The molecule has 0 saturated carbocycles. The number of carbonyl (C=O) groups excluding carboxylic acids is 1. The van der Waals surface area contributed by atoms with Crippen molar-refractivity contribution < 1.29 is 22.7 Å². The lowest BCUT2D eigenvalue weighted by Crippen LogP contribution is -2.32. The van der Waals surface area contributed by atoms with E-state index >= 15 is 0 Å². The van der Waals surface area contributed by atoms with Gasteiger partial charge in [-0.05, 0) is 59.6 Å². The van der Waals surface area contributed by atoms with Gasteiger partial charge in [-0.1, -0.05) is 29.8 Å². The van der Waals surface area contributed by atoms with Gasteiger partial charge in [0.1, 0.15) is 5.75 Å². The Bertz CT molecular complexity index is 967. The Morgan fingerprint density at radius 3 is 2.14 bits per heavy atom. The Hall–Kier alpha value is -2.32. The lowest BCUT2D eigenvalue weighted by molar-refractivity contribution is -0.139. The number of halogens is 1. The first-order chi connectivity index (χ1) is 13.2. The third-order valence-corrected chi connectivity index (χ3v) is 6.62. The molecule has 0 fully saturated rings. The van der Waals surface area contributed by atoms with Gasteiger partial charge >= 0.3 is 5.97 Å². The number of esters is 1. The predicted octanol–water partition coefficient (Wildman–Crippen LogP) is 3.95. The Morgan fingerprint density at radius 1 is 1.07 bits per heavy atom. The van der Waals surface area contributed by atoms with Crippen LogP contribution in [0.2, 0.25) is 0 Å². The van der Waals surface area contributed by atoms with Crippen LogP contribution in [-0.4, -0.2) is 39.5 Å². The Balaban J connectivity index is 2.58. The molecule has 0 bridgehead atoms. The van der Waals surface area contributed by atoms with Gasteiger partial charge in [-0.15, -0.1) is 0 Å². The van der Waals surface area contributed by atoms with Crippen molar-refractivity contribution in [1.82, 2.24) is 4.31 Å². The van der Waals surface area contributed by atoms with Crippen molar-refractivity contribution in [1.29, 1.82) is 0 Å². The number of ether oxygens (including phenoxy) is 2. The summed E-state index contributed by atoms with van der Waals surface area (Å²) in [4.78, 5) is 12.7. The third-order valence-electron chi connectivity index (χ3n) is 4.01. The molecule has 0 atom stereocenters. The van der Waals surface area contributed by atoms with Crippen molar-refractivity contribution in [2.45, 2.75) is 18.7 Å². The summed E-state index contributed by atoms with van der Waals surface area (Å²) in [7, 11) is -1.09. The van der Waals surface area contributed by atoms with Gasteiger partial charge in [0.2, 0.25) is 0 Å². The Kier molecular flexibility index (Phi) is 7.26. The molecule has 6 nitrogen and oxygen atoms in total. The first-order valence-electron chi connectivity index (χ1n) is 8.49. The normalized spacial score (nSPS) is 12.2. The number of likely N-dealkylation sites (N-methyl/N-ethyl adjacent to an activating group) is 1. The summed E-state index contributed by atoms with van der Waals surface area (Å²) in [5.74, 6) is -0.106. The number of rotatable bonds is 7. The molecule has 0 aliphatic rings. The number of hydrogen-bond acceptors (Lipinski definition) is 5. The van der Waals surface area contributed by atoms with Crippen LogP contribution in [-0.2, 0) is 19.6 Å². The molecule has 0 aliphatic heterocycles. The van der Waals surface area contributed by atoms with E-state index in [-0.39, 0.29) is 17.2 Å². The molecule has 2 aromatic rings. The lowest BCUT2D eigenvalue weighted by Gasteiger charge is -2.23. The molecule has 0 radical (unpaired) electrons. The minimum absolute atomic E-state index is 0.0810. The maximum atomic E-state index is 13.1. The van der Waals surface area contributed by atoms with Crippen LogP contribution in [0.4, 0.5) is 0 Å². The summed E-state index contributed by atoms with van der Waals surface area (Å²) >= 11 is 3.38. The first-order valence-corrected chi connectivity index (χ1v) is 10.7. The quantitative estimate of drug-likeness (QED) is 0.455. The molecule has 0 aliphatic carbocycles. The van der Waals surface area contributed by atoms with Crippen molar-refractivity contribution in [3.8, 4) is 5.75 Å². The van der Waals surface area contributed by atoms with E-state index < -0.39 is 16.0 Å². The van der Waals surface area contributed by atoms with E-state index in [1.807, 2.05) is 6.92 Å². The highest BCUT2D eigenvalue weighted by atomic mass is 79.9. The topological polar surface area (TPSA) is 72.9 Å². The summed E-state index contributed by atoms with van der Waals surface area (Å²) in [5, 5.41) is 0. The Morgan fingerprint density at radius 2 is 1.64 bits per heavy atom. The smallest absolute Gasteiger partial charge is 0.356 e. The van der Waals surface area contributed by atoms with Crippen LogP contribution in [0.15, 0.2) is 59.1 Å². The molecule has 0 spiro atoms. The molecule has 8 heteroatoms. The number of carbonyl (C=O) groups is 1. The van der Waals surface area contributed by atoms with Crippen molar-refractivity contribution in [2.75, 3.05) is 20.8 Å². The van der Waals surface area contributed by atoms with Crippen molar-refractivity contribution in [3.63, 3.8) is 0 Å². The highest BCUT2D eigenvalue weighted by Gasteiger charge is 2.30. The number of methoxy groups -OCH3 is 1. The lowest BCUT2D eigenvalue weighted by atomic mass is 10.2. The summed E-state index contributed by atoms with van der Waals surface area (Å²) in [6.45, 7) is 3.64. The van der Waals surface area contributed by atoms with Crippen molar-refractivity contribution >= 4 is 36.4 Å². The number of hydrogen-bond donors (Lipinski definition) is 0. The van der Waals surface area contributed by atoms with E-state index in [2.05, 4.69) is 15.9 Å². The molecule has 0 heterocycles. The number of benzene rings is 2. The van der Waals surface area contributed by atoms with Crippen LogP contribution in [0.1, 0.15) is 18.1 Å². The van der Waals surface area contributed by atoms with Gasteiger partial charge in [-0.25, -0.2) is 13.2 Å². The highest BCUT2D eigenvalue weighted by molar-refractivity contribution is 9.15. The average molecular weight is 468 g/mol. The van der Waals surface area contributed by atoms with Crippen LogP contribution >= 0.6 is 15.9 Å². The van der Waals surface area contributed by atoms with E-state index in [1.54, 1.807) is 50.4 Å². The average Bonchev–Trinajstić information content (AvgIpc) is 2.68. The van der Waals surface area contributed by atoms with Gasteiger partial charge in [-0.2, -0.15) is 0 Å². The zero-order chi connectivity index (χ0) is 20.9. The highest BCUT2D eigenvalue weighted by Crippen LogP contribution is 2.31. The van der Waals surface area contributed by atoms with Gasteiger partial charge in [0.25, 0.3) is 10.0 Å². The monoisotopic (exact) mass is 467 g/mol. The van der Waals surface area contributed by atoms with E-state index in [0.29, 0.717) is 15.8 Å². The molecular weight excluding hydrogens is 446 g/mol. The second-order valence-corrected chi connectivity index (χ2v) is 8.66. The molecule has 0 amide bonds. The molecule has 28 heavy (non-hydrogen) atoms. The van der Waals surface area contributed by atoms with Crippen LogP contribution in [0.3, 0.4) is 0 Å². The number of nitrogens with zero attached hydrogens (tertiary/aromatic N) is 1. The molecule has 2 aromatic carbocycles. The van der Waals surface area contributed by atoms with E-state index in [9.17, 15) is 13.2 Å². The zero-order valence-electron chi connectivity index (χ0n) is 16.1. The van der Waals surface area contributed by atoms with Gasteiger partial charge in [0.15, 0.2) is 5.70 Å². The van der Waals surface area contributed by atoms with Gasteiger partial charge in [0.05, 0.1) is 23.1 Å². The standard InChI is InChI=1S/C20H22BrNO5S/c1-5-27-20(23)19(18(21)15-8-10-16(26-4)11-9-15)22(3)28(24,25)17-12-6-14(2)7-13-17/h6-13H,5H2,1-4H3/b19-18+. The first kappa shape index (κ1) is 22.0. The molecule has 150 valence electrons. The minimum Gasteiger partial charge on any atom is -0.497 e. The zero-order valence-corrected chi connectivity index (χ0v) is 18.5. The minimum atomic E-state index is -3.96. The second kappa shape index (κ2) is 9.25. The van der Waals surface area contributed by atoms with Crippen molar-refractivity contribution in [3.05, 3.63) is 65.4 Å². The summed E-state index contributed by atoms with van der Waals surface area (Å²) < 4.78 is 37.6. The fraction of sp³-hybridized carbons (Fsp3) is 0.250. The van der Waals surface area contributed by atoms with Gasteiger partial charge in [-0.3, -0.25) is 4.31 Å². The van der Waals surface area contributed by atoms with Crippen LogP contribution in [0.5, 0.6) is 5.75 Å². The number of sulfonamides is 1. The predicted molar refractivity (Wildman–Crippen MR) is 112 cm³/mol. The Labute approximate surface area is 173 Å². The fourth-order valence-electron chi connectivity index (χ4n) is 2.42. The van der Waals surface area contributed by atoms with E-state index in [4.69, 9.17) is 9.47 Å². The summed E-state index contributed by atoms with van der Waals surface area (Å²) in [5.41, 5.74) is 1.42. The number of aryl methyl sites for hydroxylation is 1. The second-order valence-electron chi connectivity index (χ2n) is 5.90. The largest absolute Gasteiger partial charge is 0.497 e. The molecular formula is C20H22BrNO5S. The third kappa shape index (κ3) is 4.74. The summed E-state index contributed by atoms with van der Waals surface area (Å²) in [6, 6.07) is 13.3. The van der Waals surface area contributed by atoms with E-state index in [0.717, 1.165) is 9.87 Å². The molecule has 2 rings (SSSR count). The van der Waals surface area contributed by atoms with Gasteiger partial charge < -0.3 is 9.47 Å². The van der Waals surface area contributed by atoms with Crippen LogP contribution in [0, 0.1) is 6.92 Å². The fourth-order valence-corrected chi connectivity index (χ4v) is 4.43. The maximum Gasteiger partial charge on any atom is 0.356 e. The SMILES string of the molecule is CCOC(=O)/C(=C(\Br)c1ccc(OC)cc1)N(C)S(=O)(=O)c1ccc(C)cc1. The summed E-state index contributed by atoms with van der Waals surface area (Å²) in [6.07, 6.45) is 0. The molecule has 0 unspecified atom stereocenters. The molecule has 0 N–H and O–H groups in total. The van der Waals surface area contributed by atoms with Gasteiger partial charge in [0, 0.05) is 7.05 Å². The van der Waals surface area contributed by atoms with Crippen molar-refractivity contribution in [2.24, 2.45) is 0 Å². The van der Waals surface area contributed by atoms with Crippen LogP contribution < -0.4 is 4.74 Å². The van der Waals surface area contributed by atoms with E-state index in [1.165, 1.54) is 19.2 Å². The molecule has 0 saturated heterocycles.